The summed E-state index contributed by atoms with van der Waals surface area (Å²) in [5, 5.41) is 2.63. The van der Waals surface area contributed by atoms with Crippen LogP contribution in [0, 0.1) is 17.7 Å². The van der Waals surface area contributed by atoms with Gasteiger partial charge in [-0.15, -0.1) is 0 Å². The molecule has 1 heterocycles. The molecule has 1 saturated carbocycles. The maximum absolute atomic E-state index is 13.1. The molecule has 118 valence electrons. The van der Waals surface area contributed by atoms with E-state index >= 15 is 0 Å². The normalized spacial score (nSPS) is 24.0. The van der Waals surface area contributed by atoms with Crippen molar-refractivity contribution in [1.29, 1.82) is 0 Å². The molecule has 2 aliphatic rings. The van der Waals surface area contributed by atoms with Crippen LogP contribution in [-0.2, 0) is 14.3 Å². The molecule has 22 heavy (non-hydrogen) atoms. The molecule has 0 spiro atoms. The fourth-order valence-corrected chi connectivity index (χ4v) is 2.77. The number of anilines is 1. The van der Waals surface area contributed by atoms with Gasteiger partial charge in [-0.2, -0.15) is 0 Å². The van der Waals surface area contributed by atoms with Crippen molar-refractivity contribution in [3.63, 3.8) is 0 Å². The lowest BCUT2D eigenvalue weighted by atomic mass is 10.2. The highest BCUT2D eigenvalue weighted by molar-refractivity contribution is 6.31. The first kappa shape index (κ1) is 15.2. The van der Waals surface area contributed by atoms with E-state index in [-0.39, 0.29) is 28.7 Å². The Morgan fingerprint density at radius 1 is 1.27 bits per heavy atom. The van der Waals surface area contributed by atoms with Crippen LogP contribution in [0.1, 0.15) is 6.42 Å². The average Bonchev–Trinajstić information content (AvgIpc) is 3.32. The molecule has 2 unspecified atom stereocenters. The summed E-state index contributed by atoms with van der Waals surface area (Å²) in [6.45, 7) is 2.25. The van der Waals surface area contributed by atoms with Crippen LogP contribution in [0.5, 0.6) is 0 Å². The second kappa shape index (κ2) is 6.22. The van der Waals surface area contributed by atoms with Crippen molar-refractivity contribution >= 4 is 29.1 Å². The van der Waals surface area contributed by atoms with Crippen LogP contribution in [0.15, 0.2) is 18.2 Å². The molecule has 0 radical (unpaired) electrons. The Kier molecular flexibility index (Phi) is 4.31. The van der Waals surface area contributed by atoms with Crippen molar-refractivity contribution in [2.75, 3.05) is 31.6 Å². The Morgan fingerprint density at radius 3 is 2.68 bits per heavy atom. The Hall–Kier alpha value is -1.66. The summed E-state index contributed by atoms with van der Waals surface area (Å²) in [6.07, 6.45) is 0.553. The van der Waals surface area contributed by atoms with E-state index in [9.17, 15) is 14.0 Å². The third kappa shape index (κ3) is 3.23. The second-order valence-electron chi connectivity index (χ2n) is 5.50. The van der Waals surface area contributed by atoms with Gasteiger partial charge in [-0.3, -0.25) is 9.59 Å². The molecule has 0 aromatic heterocycles. The van der Waals surface area contributed by atoms with Crippen LogP contribution < -0.4 is 5.32 Å². The summed E-state index contributed by atoms with van der Waals surface area (Å²) in [4.78, 5) is 26.1. The lowest BCUT2D eigenvalue weighted by Crippen LogP contribution is -2.42. The third-order valence-corrected chi connectivity index (χ3v) is 4.24. The number of rotatable bonds is 3. The topological polar surface area (TPSA) is 58.6 Å². The minimum absolute atomic E-state index is 0.0144. The number of carbonyl (C=O) groups is 2. The van der Waals surface area contributed by atoms with Gasteiger partial charge in [-0.05, 0) is 24.6 Å². The van der Waals surface area contributed by atoms with Crippen molar-refractivity contribution in [2.45, 2.75) is 6.42 Å². The van der Waals surface area contributed by atoms with Gasteiger partial charge >= 0.3 is 0 Å². The molecule has 7 heteroatoms. The van der Waals surface area contributed by atoms with Crippen LogP contribution in [0.2, 0.25) is 5.02 Å². The zero-order valence-electron chi connectivity index (χ0n) is 11.9. The zero-order chi connectivity index (χ0) is 15.7. The van der Waals surface area contributed by atoms with Gasteiger partial charge in [-0.25, -0.2) is 4.39 Å². The van der Waals surface area contributed by atoms with Crippen LogP contribution in [0.4, 0.5) is 10.1 Å². The smallest absolute Gasteiger partial charge is 0.228 e. The molecule has 1 aromatic carbocycles. The number of nitrogens with one attached hydrogen (secondary N) is 1. The summed E-state index contributed by atoms with van der Waals surface area (Å²) in [5.41, 5.74) is 0.431. The largest absolute Gasteiger partial charge is 0.378 e. The highest BCUT2D eigenvalue weighted by Gasteiger charge is 2.49. The molecule has 1 aliphatic heterocycles. The maximum atomic E-state index is 13.1. The predicted molar refractivity (Wildman–Crippen MR) is 79.0 cm³/mol. The number of benzene rings is 1. The standard InChI is InChI=1S/C15H16ClFN2O3/c16-12-7-9(1-2-13(12)17)18-14(20)10-8-11(10)15(21)19-3-5-22-6-4-19/h1-2,7,10-11H,3-6,8H2,(H,18,20). The number of hydrogen-bond acceptors (Lipinski definition) is 3. The van der Waals surface area contributed by atoms with Crippen molar-refractivity contribution in [3.8, 4) is 0 Å². The Balaban J connectivity index is 1.55. The van der Waals surface area contributed by atoms with Crippen LogP contribution >= 0.6 is 11.6 Å². The van der Waals surface area contributed by atoms with Crippen molar-refractivity contribution in [1.82, 2.24) is 4.90 Å². The van der Waals surface area contributed by atoms with E-state index in [1.54, 1.807) is 4.90 Å². The summed E-state index contributed by atoms with van der Waals surface area (Å²) in [7, 11) is 0. The number of ether oxygens (including phenoxy) is 1. The number of nitrogens with zero attached hydrogens (tertiary/aromatic N) is 1. The molecule has 3 rings (SSSR count). The van der Waals surface area contributed by atoms with E-state index in [1.807, 2.05) is 0 Å². The molecular formula is C15H16ClFN2O3. The molecule has 1 saturated heterocycles. The van der Waals surface area contributed by atoms with Crippen molar-refractivity contribution < 1.29 is 18.7 Å². The van der Waals surface area contributed by atoms with Gasteiger partial charge in [0.1, 0.15) is 5.82 Å². The monoisotopic (exact) mass is 326 g/mol. The molecule has 1 aromatic rings. The van der Waals surface area contributed by atoms with E-state index in [0.717, 1.165) is 0 Å². The van der Waals surface area contributed by atoms with E-state index in [4.69, 9.17) is 16.3 Å². The van der Waals surface area contributed by atoms with Crippen molar-refractivity contribution in [2.24, 2.45) is 11.8 Å². The minimum Gasteiger partial charge on any atom is -0.378 e. The number of morpholine rings is 1. The quantitative estimate of drug-likeness (QED) is 0.923. The third-order valence-electron chi connectivity index (χ3n) is 3.95. The van der Waals surface area contributed by atoms with Crippen LogP contribution in [-0.4, -0.2) is 43.0 Å². The fourth-order valence-electron chi connectivity index (χ4n) is 2.58. The van der Waals surface area contributed by atoms with Gasteiger partial charge < -0.3 is 15.0 Å². The van der Waals surface area contributed by atoms with Crippen LogP contribution in [0.3, 0.4) is 0 Å². The lowest BCUT2D eigenvalue weighted by molar-refractivity contribution is -0.137. The molecule has 5 nitrogen and oxygen atoms in total. The number of halogens is 2. The van der Waals surface area contributed by atoms with Gasteiger partial charge in [0.25, 0.3) is 0 Å². The molecule has 1 N–H and O–H groups in total. The molecule has 0 bridgehead atoms. The van der Waals surface area contributed by atoms with Gasteiger partial charge in [0.05, 0.1) is 30.1 Å². The summed E-state index contributed by atoms with van der Waals surface area (Å²) >= 11 is 5.67. The van der Waals surface area contributed by atoms with E-state index in [1.165, 1.54) is 18.2 Å². The number of amides is 2. The second-order valence-corrected chi connectivity index (χ2v) is 5.91. The van der Waals surface area contributed by atoms with Gasteiger partial charge in [0.15, 0.2) is 0 Å². The van der Waals surface area contributed by atoms with Gasteiger partial charge in [-0.1, -0.05) is 11.6 Å². The minimum atomic E-state index is -0.536. The van der Waals surface area contributed by atoms with Gasteiger partial charge in [0, 0.05) is 18.8 Å². The van der Waals surface area contributed by atoms with E-state index < -0.39 is 5.82 Å². The van der Waals surface area contributed by atoms with E-state index in [0.29, 0.717) is 38.4 Å². The Morgan fingerprint density at radius 2 is 2.00 bits per heavy atom. The molecule has 2 amide bonds. The number of carbonyl (C=O) groups excluding carboxylic acids is 2. The number of hydrogen-bond donors (Lipinski definition) is 1. The van der Waals surface area contributed by atoms with Crippen LogP contribution in [0.25, 0.3) is 0 Å². The Bertz CT molecular complexity index is 604. The first-order chi connectivity index (χ1) is 10.6. The van der Waals surface area contributed by atoms with Crippen molar-refractivity contribution in [3.05, 3.63) is 29.0 Å². The molecule has 2 fully saturated rings. The SMILES string of the molecule is O=C(Nc1ccc(F)c(Cl)c1)C1CC1C(=O)N1CCOCC1. The zero-order valence-corrected chi connectivity index (χ0v) is 12.6. The summed E-state index contributed by atoms with van der Waals surface area (Å²) in [5.74, 6) is -1.32. The average molecular weight is 327 g/mol. The van der Waals surface area contributed by atoms with E-state index in [2.05, 4.69) is 5.32 Å². The maximum Gasteiger partial charge on any atom is 0.228 e. The first-order valence-corrected chi connectivity index (χ1v) is 7.56. The summed E-state index contributed by atoms with van der Waals surface area (Å²) in [6, 6.07) is 4.00. The molecule has 1 aliphatic carbocycles. The highest BCUT2D eigenvalue weighted by Crippen LogP contribution is 2.41. The van der Waals surface area contributed by atoms with Gasteiger partial charge in [0.2, 0.25) is 11.8 Å². The molecular weight excluding hydrogens is 311 g/mol. The fraction of sp³-hybridized carbons (Fsp3) is 0.467. The predicted octanol–water partition coefficient (Wildman–Crippen LogP) is 1.91. The Labute approximate surface area is 132 Å². The molecule has 2 atom stereocenters. The summed E-state index contributed by atoms with van der Waals surface area (Å²) < 4.78 is 18.3. The first-order valence-electron chi connectivity index (χ1n) is 7.18. The highest BCUT2D eigenvalue weighted by atomic mass is 35.5. The lowest BCUT2D eigenvalue weighted by Gasteiger charge is -2.27.